The first kappa shape index (κ1) is 11.7. The first-order valence-corrected chi connectivity index (χ1v) is 5.63. The molecule has 17 heavy (non-hydrogen) atoms. The van der Waals surface area contributed by atoms with E-state index in [1.165, 1.54) is 0 Å². The van der Waals surface area contributed by atoms with Crippen LogP contribution in [0.2, 0.25) is 0 Å². The van der Waals surface area contributed by atoms with Crippen LogP contribution in [0.1, 0.15) is 5.56 Å². The van der Waals surface area contributed by atoms with Crippen molar-refractivity contribution in [1.82, 2.24) is 5.32 Å². The second-order valence-corrected chi connectivity index (χ2v) is 3.97. The first-order valence-electron chi connectivity index (χ1n) is 5.63. The number of amides is 1. The van der Waals surface area contributed by atoms with Crippen LogP contribution in [0.25, 0.3) is 0 Å². The third-order valence-corrected chi connectivity index (χ3v) is 2.89. The third kappa shape index (κ3) is 2.50. The maximum Gasteiger partial charge on any atom is 0.239 e. The van der Waals surface area contributed by atoms with E-state index in [1.54, 1.807) is 7.11 Å². The van der Waals surface area contributed by atoms with Crippen molar-refractivity contribution in [3.8, 4) is 5.75 Å². The molecule has 0 aromatic heterocycles. The molecule has 0 radical (unpaired) electrons. The third-order valence-electron chi connectivity index (χ3n) is 2.89. The summed E-state index contributed by atoms with van der Waals surface area (Å²) in [5.41, 5.74) is 7.73. The first-order chi connectivity index (χ1) is 8.24. The van der Waals surface area contributed by atoms with Gasteiger partial charge in [-0.3, -0.25) is 4.79 Å². The van der Waals surface area contributed by atoms with Gasteiger partial charge < -0.3 is 20.7 Å². The van der Waals surface area contributed by atoms with Crippen molar-refractivity contribution in [1.29, 1.82) is 0 Å². The Kier molecular flexibility index (Phi) is 3.49. The molecule has 2 rings (SSSR count). The zero-order valence-corrected chi connectivity index (χ0v) is 9.90. The Morgan fingerprint density at radius 3 is 3.00 bits per heavy atom. The van der Waals surface area contributed by atoms with Crippen molar-refractivity contribution in [2.24, 2.45) is 5.73 Å². The number of methoxy groups -OCH3 is 1. The van der Waals surface area contributed by atoms with Crippen molar-refractivity contribution in [3.63, 3.8) is 0 Å². The summed E-state index contributed by atoms with van der Waals surface area (Å²) in [4.78, 5) is 13.4. The van der Waals surface area contributed by atoms with Gasteiger partial charge in [0.05, 0.1) is 13.7 Å². The lowest BCUT2D eigenvalue weighted by atomic mass is 10.1. The Bertz CT molecular complexity index is 420. The number of hydrogen-bond acceptors (Lipinski definition) is 4. The molecule has 1 aromatic rings. The van der Waals surface area contributed by atoms with Crippen LogP contribution in [0.5, 0.6) is 5.75 Å². The van der Waals surface area contributed by atoms with Crippen LogP contribution >= 0.6 is 0 Å². The number of anilines is 1. The molecular formula is C12H17N3O2. The van der Waals surface area contributed by atoms with Crippen molar-refractivity contribution in [3.05, 3.63) is 23.8 Å². The average molecular weight is 235 g/mol. The van der Waals surface area contributed by atoms with Gasteiger partial charge in [0.2, 0.25) is 5.91 Å². The van der Waals surface area contributed by atoms with Gasteiger partial charge in [0, 0.05) is 31.4 Å². The molecule has 1 aliphatic rings. The largest absolute Gasteiger partial charge is 0.497 e. The molecule has 0 atom stereocenters. The summed E-state index contributed by atoms with van der Waals surface area (Å²) in [5.74, 6) is 0.824. The van der Waals surface area contributed by atoms with Crippen molar-refractivity contribution >= 4 is 11.6 Å². The van der Waals surface area contributed by atoms with Gasteiger partial charge in [-0.05, 0) is 11.6 Å². The van der Waals surface area contributed by atoms with Gasteiger partial charge in [0.25, 0.3) is 0 Å². The highest BCUT2D eigenvalue weighted by molar-refractivity contribution is 5.83. The Morgan fingerprint density at radius 2 is 2.35 bits per heavy atom. The van der Waals surface area contributed by atoms with Crippen LogP contribution in [0.4, 0.5) is 5.69 Å². The molecule has 1 saturated heterocycles. The standard InChI is InChI=1S/C12H17N3O2/c1-17-10-3-2-9(7-13)11(6-10)15-5-4-14-12(16)8-15/h2-3,6H,4-5,7-8,13H2,1H3,(H,14,16). The van der Waals surface area contributed by atoms with Gasteiger partial charge in [-0.25, -0.2) is 0 Å². The summed E-state index contributed by atoms with van der Waals surface area (Å²) in [6, 6.07) is 5.76. The molecule has 5 heteroatoms. The van der Waals surface area contributed by atoms with E-state index in [1.807, 2.05) is 23.1 Å². The highest BCUT2D eigenvalue weighted by atomic mass is 16.5. The smallest absolute Gasteiger partial charge is 0.239 e. The minimum Gasteiger partial charge on any atom is -0.497 e. The molecule has 0 saturated carbocycles. The van der Waals surface area contributed by atoms with Gasteiger partial charge in [0.1, 0.15) is 5.75 Å². The molecule has 1 heterocycles. The summed E-state index contributed by atoms with van der Waals surface area (Å²) in [6.07, 6.45) is 0. The van der Waals surface area contributed by atoms with Crippen LogP contribution < -0.4 is 20.7 Å². The van der Waals surface area contributed by atoms with Gasteiger partial charge in [-0.15, -0.1) is 0 Å². The van der Waals surface area contributed by atoms with E-state index in [-0.39, 0.29) is 5.91 Å². The number of nitrogens with two attached hydrogens (primary N) is 1. The van der Waals surface area contributed by atoms with E-state index >= 15 is 0 Å². The van der Waals surface area contributed by atoms with Crippen molar-refractivity contribution in [2.75, 3.05) is 31.6 Å². The lowest BCUT2D eigenvalue weighted by Gasteiger charge is -2.30. The Hall–Kier alpha value is -1.75. The summed E-state index contributed by atoms with van der Waals surface area (Å²) in [7, 11) is 1.63. The Labute approximate surface area is 101 Å². The molecule has 1 amide bonds. The highest BCUT2D eigenvalue weighted by Gasteiger charge is 2.19. The van der Waals surface area contributed by atoms with Gasteiger partial charge in [0.15, 0.2) is 0 Å². The molecule has 0 unspecified atom stereocenters. The van der Waals surface area contributed by atoms with Crippen LogP contribution in [0.15, 0.2) is 18.2 Å². The maximum atomic E-state index is 11.4. The summed E-state index contributed by atoms with van der Waals surface area (Å²) in [5, 5.41) is 2.80. The fraction of sp³-hybridized carbons (Fsp3) is 0.417. The molecule has 92 valence electrons. The fourth-order valence-electron chi connectivity index (χ4n) is 1.98. The average Bonchev–Trinajstić information content (AvgIpc) is 2.38. The summed E-state index contributed by atoms with van der Waals surface area (Å²) >= 11 is 0. The lowest BCUT2D eigenvalue weighted by molar-refractivity contribution is -0.120. The van der Waals surface area contributed by atoms with Gasteiger partial charge >= 0.3 is 0 Å². The van der Waals surface area contributed by atoms with E-state index in [2.05, 4.69) is 5.32 Å². The molecule has 0 spiro atoms. The number of nitrogens with zero attached hydrogens (tertiary/aromatic N) is 1. The van der Waals surface area contributed by atoms with E-state index in [0.717, 1.165) is 23.5 Å². The second-order valence-electron chi connectivity index (χ2n) is 3.97. The highest BCUT2D eigenvalue weighted by Crippen LogP contribution is 2.26. The second kappa shape index (κ2) is 5.05. The lowest BCUT2D eigenvalue weighted by Crippen LogP contribution is -2.48. The van der Waals surface area contributed by atoms with Gasteiger partial charge in [-0.2, -0.15) is 0 Å². The molecule has 1 aliphatic heterocycles. The quantitative estimate of drug-likeness (QED) is 0.779. The predicted molar refractivity (Wildman–Crippen MR) is 66.1 cm³/mol. The molecule has 5 nitrogen and oxygen atoms in total. The predicted octanol–water partition coefficient (Wildman–Crippen LogP) is 0.0901. The normalized spacial score (nSPS) is 15.6. The summed E-state index contributed by atoms with van der Waals surface area (Å²) in [6.45, 7) is 2.30. The molecule has 0 bridgehead atoms. The van der Waals surface area contributed by atoms with Crippen LogP contribution in [0, 0.1) is 0 Å². The number of carbonyl (C=O) groups excluding carboxylic acids is 1. The molecule has 0 aliphatic carbocycles. The number of nitrogens with one attached hydrogen (secondary N) is 1. The van der Waals surface area contributed by atoms with E-state index in [9.17, 15) is 4.79 Å². The van der Waals surface area contributed by atoms with E-state index in [4.69, 9.17) is 10.5 Å². The number of ether oxygens (including phenoxy) is 1. The number of benzene rings is 1. The number of carbonyl (C=O) groups is 1. The van der Waals surface area contributed by atoms with Crippen LogP contribution in [-0.2, 0) is 11.3 Å². The monoisotopic (exact) mass is 235 g/mol. The zero-order valence-electron chi connectivity index (χ0n) is 9.90. The SMILES string of the molecule is COc1ccc(CN)c(N2CCNC(=O)C2)c1. The van der Waals surface area contributed by atoms with E-state index < -0.39 is 0 Å². The zero-order chi connectivity index (χ0) is 12.3. The molecular weight excluding hydrogens is 218 g/mol. The minimum absolute atomic E-state index is 0.0436. The van der Waals surface area contributed by atoms with E-state index in [0.29, 0.717) is 19.6 Å². The topological polar surface area (TPSA) is 67.6 Å². The molecule has 1 aromatic carbocycles. The number of hydrogen-bond donors (Lipinski definition) is 2. The Balaban J connectivity index is 2.30. The fourth-order valence-corrected chi connectivity index (χ4v) is 1.98. The minimum atomic E-state index is 0.0436. The van der Waals surface area contributed by atoms with Gasteiger partial charge in [-0.1, -0.05) is 6.07 Å². The van der Waals surface area contributed by atoms with Crippen LogP contribution in [-0.4, -0.2) is 32.7 Å². The maximum absolute atomic E-state index is 11.4. The Morgan fingerprint density at radius 1 is 1.53 bits per heavy atom. The van der Waals surface area contributed by atoms with Crippen LogP contribution in [0.3, 0.4) is 0 Å². The number of piperazine rings is 1. The van der Waals surface area contributed by atoms with Crippen molar-refractivity contribution < 1.29 is 9.53 Å². The molecule has 3 N–H and O–H groups in total. The summed E-state index contributed by atoms with van der Waals surface area (Å²) < 4.78 is 5.20. The molecule has 1 fully saturated rings. The van der Waals surface area contributed by atoms with Crippen molar-refractivity contribution in [2.45, 2.75) is 6.54 Å². The number of rotatable bonds is 3.